The van der Waals surface area contributed by atoms with Gasteiger partial charge in [-0.3, -0.25) is 24.0 Å². The van der Waals surface area contributed by atoms with Gasteiger partial charge in [-0.1, -0.05) is 55.5 Å². The van der Waals surface area contributed by atoms with Crippen molar-refractivity contribution in [3.8, 4) is 0 Å². The molecule has 0 unspecified atom stereocenters. The predicted octanol–water partition coefficient (Wildman–Crippen LogP) is 2.40. The number of rotatable bonds is 19. The van der Waals surface area contributed by atoms with E-state index in [9.17, 15) is 33.9 Å². The standard InChI is InChI=1S/C35H46N6O8S/c1-5-35(2,3)49-34(48)41-27(18-22-20-37-24-14-10-9-13-23(22)24)32(46)38-25(15-16-50-4)31(45)40-28(19-29(42)43)33(47)39-26(30(36)44)17-21-11-7-6-8-12-21/h6-14,20,25-28,37H,5,15-19H2,1-4H3,(H2,36,44)(H,38,46)(H,39,47)(H,40,45)(H,41,48)(H,42,43)/t25-,26-,27-,28-/m0/s1. The van der Waals surface area contributed by atoms with E-state index in [1.807, 2.05) is 31.2 Å². The van der Waals surface area contributed by atoms with Crippen molar-refractivity contribution >= 4 is 58.4 Å². The summed E-state index contributed by atoms with van der Waals surface area (Å²) in [6.45, 7) is 5.33. The SMILES string of the molecule is CCC(C)(C)OC(=O)N[C@@H](Cc1c[nH]c2ccccc12)C(=O)N[C@@H](CCSC)C(=O)N[C@@H](CC(=O)O)C(=O)N[C@@H](Cc1ccccc1)C(N)=O. The molecule has 0 aliphatic carbocycles. The number of para-hydroxylation sites is 1. The highest BCUT2D eigenvalue weighted by Gasteiger charge is 2.33. The van der Waals surface area contributed by atoms with Crippen LogP contribution >= 0.6 is 11.8 Å². The third kappa shape index (κ3) is 12.1. The topological polar surface area (TPSA) is 222 Å². The Kier molecular flexibility index (Phi) is 14.7. The second-order valence-corrected chi connectivity index (χ2v) is 13.4. The second-order valence-electron chi connectivity index (χ2n) is 12.4. The lowest BCUT2D eigenvalue weighted by Gasteiger charge is -2.27. The molecule has 2 aromatic carbocycles. The molecule has 5 amide bonds. The Balaban J connectivity index is 1.82. The smallest absolute Gasteiger partial charge is 0.408 e. The molecule has 0 bridgehead atoms. The van der Waals surface area contributed by atoms with Gasteiger partial charge in [0.1, 0.15) is 29.8 Å². The van der Waals surface area contributed by atoms with Crippen LogP contribution in [0, 0.1) is 0 Å². The number of amides is 5. The summed E-state index contributed by atoms with van der Waals surface area (Å²) in [5.41, 5.74) is 6.99. The lowest BCUT2D eigenvalue weighted by molar-refractivity contribution is -0.141. The van der Waals surface area contributed by atoms with Gasteiger partial charge in [0.25, 0.3) is 0 Å². The summed E-state index contributed by atoms with van der Waals surface area (Å²) in [4.78, 5) is 80.8. The number of carbonyl (C=O) groups is 6. The minimum atomic E-state index is -1.60. The molecule has 0 fully saturated rings. The van der Waals surface area contributed by atoms with E-state index in [1.165, 1.54) is 11.8 Å². The number of aromatic nitrogens is 1. The fraction of sp³-hybridized carbons (Fsp3) is 0.429. The summed E-state index contributed by atoms with van der Waals surface area (Å²) in [7, 11) is 0. The van der Waals surface area contributed by atoms with Crippen LogP contribution in [0.25, 0.3) is 10.9 Å². The van der Waals surface area contributed by atoms with E-state index >= 15 is 0 Å². The van der Waals surface area contributed by atoms with Crippen LogP contribution in [0.2, 0.25) is 0 Å². The van der Waals surface area contributed by atoms with E-state index in [0.717, 1.165) is 16.5 Å². The number of fused-ring (bicyclic) bond motifs is 1. The fourth-order valence-electron chi connectivity index (χ4n) is 5.00. The Morgan fingerprint density at radius 2 is 1.44 bits per heavy atom. The molecule has 270 valence electrons. The number of aliphatic carboxylic acids is 1. The van der Waals surface area contributed by atoms with Crippen molar-refractivity contribution in [3.05, 3.63) is 71.9 Å². The molecule has 0 aliphatic rings. The monoisotopic (exact) mass is 710 g/mol. The molecule has 15 heteroatoms. The molecule has 1 aromatic heterocycles. The van der Waals surface area contributed by atoms with E-state index in [1.54, 1.807) is 56.6 Å². The second kappa shape index (κ2) is 18.6. The minimum absolute atomic E-state index is 0.0464. The number of benzene rings is 2. The van der Waals surface area contributed by atoms with Gasteiger partial charge < -0.3 is 41.8 Å². The lowest BCUT2D eigenvalue weighted by atomic mass is 10.0. The molecule has 0 radical (unpaired) electrons. The van der Waals surface area contributed by atoms with E-state index in [-0.39, 0.29) is 19.3 Å². The van der Waals surface area contributed by atoms with Crippen LogP contribution in [0.15, 0.2) is 60.8 Å². The third-order valence-electron chi connectivity index (χ3n) is 8.13. The minimum Gasteiger partial charge on any atom is -0.481 e. The summed E-state index contributed by atoms with van der Waals surface area (Å²) in [6.07, 6.45) is 2.65. The number of ether oxygens (including phenoxy) is 1. The van der Waals surface area contributed by atoms with Crippen LogP contribution in [0.4, 0.5) is 4.79 Å². The van der Waals surface area contributed by atoms with Crippen molar-refractivity contribution < 1.29 is 38.6 Å². The van der Waals surface area contributed by atoms with Gasteiger partial charge in [0.2, 0.25) is 23.6 Å². The number of nitrogens with one attached hydrogen (secondary N) is 5. The maximum atomic E-state index is 13.8. The number of primary amides is 1. The lowest BCUT2D eigenvalue weighted by Crippen LogP contribution is -2.59. The number of hydrogen-bond donors (Lipinski definition) is 7. The number of carbonyl (C=O) groups excluding carboxylic acids is 5. The average molecular weight is 711 g/mol. The molecule has 0 aliphatic heterocycles. The molecule has 0 saturated heterocycles. The average Bonchev–Trinajstić information content (AvgIpc) is 3.48. The Labute approximate surface area is 295 Å². The van der Waals surface area contributed by atoms with E-state index < -0.39 is 71.9 Å². The highest BCUT2D eigenvalue weighted by molar-refractivity contribution is 7.98. The summed E-state index contributed by atoms with van der Waals surface area (Å²) < 4.78 is 5.54. The summed E-state index contributed by atoms with van der Waals surface area (Å²) in [5.74, 6) is -4.27. The number of aromatic amines is 1. The van der Waals surface area contributed by atoms with Crippen molar-refractivity contribution in [2.75, 3.05) is 12.0 Å². The van der Waals surface area contributed by atoms with Crippen molar-refractivity contribution in [2.24, 2.45) is 5.73 Å². The van der Waals surface area contributed by atoms with Crippen LogP contribution in [0.3, 0.4) is 0 Å². The molecule has 3 aromatic rings. The van der Waals surface area contributed by atoms with Gasteiger partial charge in [0.05, 0.1) is 6.42 Å². The van der Waals surface area contributed by atoms with Gasteiger partial charge >= 0.3 is 12.1 Å². The maximum absolute atomic E-state index is 13.8. The number of hydrogen-bond acceptors (Lipinski definition) is 8. The zero-order valence-corrected chi connectivity index (χ0v) is 29.4. The Hall–Kier alpha value is -5.05. The van der Waals surface area contributed by atoms with Crippen LogP contribution in [0.1, 0.15) is 51.2 Å². The van der Waals surface area contributed by atoms with Gasteiger partial charge in [-0.2, -0.15) is 11.8 Å². The molecule has 0 spiro atoms. The summed E-state index contributed by atoms with van der Waals surface area (Å²) in [6, 6.07) is 11.0. The fourth-order valence-corrected chi connectivity index (χ4v) is 5.47. The van der Waals surface area contributed by atoms with Gasteiger partial charge in [0.15, 0.2) is 0 Å². The third-order valence-corrected chi connectivity index (χ3v) is 8.77. The van der Waals surface area contributed by atoms with Crippen LogP contribution < -0.4 is 27.0 Å². The quantitative estimate of drug-likeness (QED) is 0.0969. The van der Waals surface area contributed by atoms with Crippen LogP contribution in [0.5, 0.6) is 0 Å². The number of H-pyrrole nitrogens is 1. The zero-order valence-electron chi connectivity index (χ0n) is 28.6. The molecular weight excluding hydrogens is 664 g/mol. The number of nitrogens with two attached hydrogens (primary N) is 1. The molecule has 0 saturated carbocycles. The Morgan fingerprint density at radius 3 is 2.08 bits per heavy atom. The molecular formula is C35H46N6O8S. The van der Waals surface area contributed by atoms with Crippen molar-refractivity contribution in [1.29, 1.82) is 0 Å². The normalized spacial score (nSPS) is 13.7. The Bertz CT molecular complexity index is 1650. The van der Waals surface area contributed by atoms with Crippen LogP contribution in [-0.2, 0) is 41.6 Å². The summed E-state index contributed by atoms with van der Waals surface area (Å²) in [5, 5.41) is 20.6. The highest BCUT2D eigenvalue weighted by Crippen LogP contribution is 2.20. The number of alkyl carbamates (subject to hydrolysis) is 1. The maximum Gasteiger partial charge on any atom is 0.408 e. The zero-order chi connectivity index (χ0) is 36.8. The molecule has 50 heavy (non-hydrogen) atoms. The largest absolute Gasteiger partial charge is 0.481 e. The summed E-state index contributed by atoms with van der Waals surface area (Å²) >= 11 is 1.41. The van der Waals surface area contributed by atoms with E-state index in [2.05, 4.69) is 26.3 Å². The first-order chi connectivity index (χ1) is 23.7. The van der Waals surface area contributed by atoms with Gasteiger partial charge in [-0.15, -0.1) is 0 Å². The van der Waals surface area contributed by atoms with Crippen molar-refractivity contribution in [2.45, 2.75) is 82.6 Å². The van der Waals surface area contributed by atoms with Crippen molar-refractivity contribution in [1.82, 2.24) is 26.3 Å². The highest BCUT2D eigenvalue weighted by atomic mass is 32.2. The molecule has 14 nitrogen and oxygen atoms in total. The first-order valence-corrected chi connectivity index (χ1v) is 17.6. The van der Waals surface area contributed by atoms with E-state index in [0.29, 0.717) is 17.7 Å². The first kappa shape index (κ1) is 39.4. The Morgan fingerprint density at radius 1 is 0.840 bits per heavy atom. The molecule has 1 heterocycles. The number of carboxylic acid groups (broad SMARTS) is 1. The van der Waals surface area contributed by atoms with Gasteiger partial charge in [-0.25, -0.2) is 4.79 Å². The predicted molar refractivity (Wildman–Crippen MR) is 190 cm³/mol. The molecule has 8 N–H and O–H groups in total. The number of thioether (sulfide) groups is 1. The number of carboxylic acids is 1. The van der Waals surface area contributed by atoms with Crippen molar-refractivity contribution in [3.63, 3.8) is 0 Å². The van der Waals surface area contributed by atoms with Gasteiger partial charge in [0, 0.05) is 29.9 Å². The van der Waals surface area contributed by atoms with Gasteiger partial charge in [-0.05, 0) is 55.9 Å². The molecule has 3 rings (SSSR count). The van der Waals surface area contributed by atoms with E-state index in [4.69, 9.17) is 10.5 Å². The first-order valence-electron chi connectivity index (χ1n) is 16.2. The molecule has 4 atom stereocenters. The van der Waals surface area contributed by atoms with Crippen LogP contribution in [-0.4, -0.2) is 87.6 Å².